The van der Waals surface area contributed by atoms with Gasteiger partial charge in [0, 0.05) is 73.8 Å². The number of aliphatic carboxylic acids is 2. The van der Waals surface area contributed by atoms with Crippen LogP contribution in [0.3, 0.4) is 0 Å². The SMILES string of the molecule is CC(C)(C)OC(=O)COCC1CN(C(=O)OC(C)(C)C)CCO1.CC(C)(C)OC(=O)N1CCOC(CO)C1.CCOC(=O)C1=C(CN2CCOC(COCC(=O)O)C2)NC(c2nccs2)=N[C@H]1c1ccc(F)cc1Cl.Cl.O=C(O)COCC1CCCCO1.OCC1CCCCO1. The predicted molar refractivity (Wildman–Crippen MR) is 353 cm³/mol. The van der Waals surface area contributed by atoms with Gasteiger partial charge in [0.2, 0.25) is 0 Å². The summed E-state index contributed by atoms with van der Waals surface area (Å²) in [5, 5.41) is 40.4. The summed E-state index contributed by atoms with van der Waals surface area (Å²) >= 11 is 7.79. The predicted octanol–water partition coefficient (Wildman–Crippen LogP) is 6.87. The second-order valence-electron chi connectivity index (χ2n) is 25.4. The summed E-state index contributed by atoms with van der Waals surface area (Å²) in [6.45, 7) is 24.3. The highest BCUT2D eigenvalue weighted by molar-refractivity contribution is 7.11. The van der Waals surface area contributed by atoms with Gasteiger partial charge in [0.15, 0.2) is 10.8 Å². The van der Waals surface area contributed by atoms with E-state index in [-0.39, 0.29) is 112 Å². The Morgan fingerprint density at radius 3 is 1.65 bits per heavy atom. The fourth-order valence-corrected chi connectivity index (χ4v) is 10.4. The van der Waals surface area contributed by atoms with Gasteiger partial charge in [-0.3, -0.25) is 9.89 Å². The molecule has 8 rings (SSSR count). The Morgan fingerprint density at radius 2 is 1.17 bits per heavy atom. The summed E-state index contributed by atoms with van der Waals surface area (Å²) < 4.78 is 77.4. The molecule has 5 saturated heterocycles. The number of thiazole rings is 1. The minimum absolute atomic E-state index is 0. The number of nitrogens with zero attached hydrogens (tertiary/aromatic N) is 5. The maximum atomic E-state index is 13.8. The lowest BCUT2D eigenvalue weighted by Crippen LogP contribution is -2.48. The van der Waals surface area contributed by atoms with Crippen LogP contribution in [-0.4, -0.2) is 268 Å². The van der Waals surface area contributed by atoms with Crippen LogP contribution < -0.4 is 5.32 Å². The van der Waals surface area contributed by atoms with E-state index in [1.54, 1.807) is 43.7 Å². The molecular formula is C64H101Cl2FN6O22S. The van der Waals surface area contributed by atoms with Crippen molar-refractivity contribution in [1.29, 1.82) is 0 Å². The van der Waals surface area contributed by atoms with Crippen molar-refractivity contribution in [2.45, 2.75) is 161 Å². The van der Waals surface area contributed by atoms with Gasteiger partial charge >= 0.3 is 36.1 Å². The summed E-state index contributed by atoms with van der Waals surface area (Å²) in [5.74, 6) is -3.01. The van der Waals surface area contributed by atoms with Gasteiger partial charge in [-0.15, -0.1) is 23.7 Å². The Morgan fingerprint density at radius 1 is 0.667 bits per heavy atom. The molecule has 32 heteroatoms. The van der Waals surface area contributed by atoms with Crippen LogP contribution in [0.1, 0.15) is 124 Å². The number of aromatic nitrogens is 1. The van der Waals surface area contributed by atoms with E-state index in [4.69, 9.17) is 93.9 Å². The molecule has 1 aromatic heterocycles. The van der Waals surface area contributed by atoms with Crippen molar-refractivity contribution in [3.05, 3.63) is 62.5 Å². The van der Waals surface area contributed by atoms with E-state index >= 15 is 0 Å². The molecule has 5 N–H and O–H groups in total. The smallest absolute Gasteiger partial charge is 0.410 e. The number of aliphatic imine (C=N–C) groups is 1. The third kappa shape index (κ3) is 34.4. The van der Waals surface area contributed by atoms with Crippen molar-refractivity contribution in [2.24, 2.45) is 4.99 Å². The molecular weight excluding hydrogens is 1330 g/mol. The number of amidine groups is 1. The van der Waals surface area contributed by atoms with Gasteiger partial charge in [-0.05, 0) is 120 Å². The number of aliphatic hydroxyl groups excluding tert-OH is 2. The molecule has 0 bridgehead atoms. The highest BCUT2D eigenvalue weighted by atomic mass is 35.5. The Hall–Kier alpha value is -5.45. The number of carboxylic acid groups (broad SMARTS) is 2. The summed E-state index contributed by atoms with van der Waals surface area (Å²) in [4.78, 5) is 83.6. The number of benzene rings is 1. The fourth-order valence-electron chi connectivity index (χ4n) is 9.54. The maximum Gasteiger partial charge on any atom is 0.410 e. The maximum absolute atomic E-state index is 13.8. The quantitative estimate of drug-likeness (QED) is 0.0667. The first kappa shape index (κ1) is 84.8. The number of esters is 2. The Bertz CT molecular complexity index is 2720. The number of hydrogen-bond donors (Lipinski definition) is 5. The molecule has 6 aliphatic rings. The van der Waals surface area contributed by atoms with E-state index < -0.39 is 59.1 Å². The molecule has 96 heavy (non-hydrogen) atoms. The Balaban J connectivity index is 0.000000346. The molecule has 6 aliphatic heterocycles. The number of ether oxygens (including phenoxy) is 12. The number of carbonyl (C=O) groups is 6. The minimum atomic E-state index is -1.05. The molecule has 0 aliphatic carbocycles. The first-order valence-corrected chi connectivity index (χ1v) is 33.2. The van der Waals surface area contributed by atoms with Gasteiger partial charge in [0.25, 0.3) is 0 Å². The van der Waals surface area contributed by atoms with Crippen LogP contribution in [0.2, 0.25) is 5.02 Å². The molecule has 5 unspecified atom stereocenters. The molecule has 1 aromatic carbocycles. The lowest BCUT2D eigenvalue weighted by atomic mass is 9.95. The zero-order chi connectivity index (χ0) is 70.1. The molecule has 546 valence electrons. The van der Waals surface area contributed by atoms with Crippen LogP contribution >= 0.6 is 35.3 Å². The van der Waals surface area contributed by atoms with E-state index in [0.29, 0.717) is 94.3 Å². The number of carboxylic acids is 2. The molecule has 28 nitrogen and oxygen atoms in total. The largest absolute Gasteiger partial charge is 0.480 e. The monoisotopic (exact) mass is 1430 g/mol. The topological polar surface area (TPSA) is 341 Å². The molecule has 7 heterocycles. The first-order valence-electron chi connectivity index (χ1n) is 31.9. The molecule has 2 aromatic rings. The summed E-state index contributed by atoms with van der Waals surface area (Å²) in [5.41, 5.74) is -0.268. The zero-order valence-corrected chi connectivity index (χ0v) is 59.3. The highest BCUT2D eigenvalue weighted by Gasteiger charge is 2.36. The van der Waals surface area contributed by atoms with Crippen LogP contribution in [0.15, 0.2) is 46.0 Å². The number of hydrogen-bond acceptors (Lipinski definition) is 25. The number of halogens is 3. The van der Waals surface area contributed by atoms with Gasteiger partial charge in [-0.25, -0.2) is 38.1 Å². The van der Waals surface area contributed by atoms with Gasteiger partial charge in [0.1, 0.15) is 48.5 Å². The first-order chi connectivity index (χ1) is 45.0. The molecule has 0 saturated carbocycles. The highest BCUT2D eigenvalue weighted by Crippen LogP contribution is 2.37. The van der Waals surface area contributed by atoms with Crippen LogP contribution in [0.5, 0.6) is 0 Å². The average molecular weight is 1430 g/mol. The van der Waals surface area contributed by atoms with Crippen LogP contribution in [0, 0.1) is 5.82 Å². The van der Waals surface area contributed by atoms with Crippen LogP contribution in [0.4, 0.5) is 14.0 Å². The fraction of sp³-hybridized carbons (Fsp3) is 0.719. The number of amides is 2. The van der Waals surface area contributed by atoms with E-state index in [0.717, 1.165) is 45.3 Å². The van der Waals surface area contributed by atoms with Crippen molar-refractivity contribution in [1.82, 2.24) is 25.0 Å². The number of carbonyl (C=O) groups excluding carboxylic acids is 4. The van der Waals surface area contributed by atoms with E-state index in [1.165, 1.54) is 36.0 Å². The van der Waals surface area contributed by atoms with Gasteiger partial charge in [0.05, 0.1) is 109 Å². The van der Waals surface area contributed by atoms with Gasteiger partial charge in [-0.1, -0.05) is 17.7 Å². The third-order valence-corrected chi connectivity index (χ3v) is 14.8. The third-order valence-electron chi connectivity index (χ3n) is 13.7. The van der Waals surface area contributed by atoms with E-state index in [2.05, 4.69) is 15.2 Å². The van der Waals surface area contributed by atoms with Gasteiger partial charge < -0.3 is 92.4 Å². The van der Waals surface area contributed by atoms with Crippen molar-refractivity contribution < 1.29 is 110 Å². The second kappa shape index (κ2) is 43.8. The Kier molecular flexibility index (Phi) is 38.7. The molecule has 6 atom stereocenters. The molecule has 5 fully saturated rings. The average Bonchev–Trinajstić information content (AvgIpc) is 0.964. The number of aliphatic hydroxyl groups is 2. The van der Waals surface area contributed by atoms with E-state index in [9.17, 15) is 33.2 Å². The standard InChI is InChI=1S/C24H26ClFN4O6S.C16H29NO6.C10H19NO4.C8H14O4.C6H12O2.ClH/c1-2-35-24(33)20-18(11-30-6-7-36-15(10-30)12-34-13-19(31)32)28-22(23-27-5-8-37-23)29-21(20)16-4-3-14(26)9-17(16)25;1-15(2,3)22-13(18)11-20-10-12-9-17(7-8-21-12)14(19)23-16(4,5)6;1-10(2,3)15-9(13)11-4-5-14-8(6-11)7-12;9-8(10)6-11-5-7-3-1-2-4-12-7;7-5-6-3-1-2-4-8-6;/h3-5,8-9,15,21H,2,6-7,10-13H2,1H3,(H,28,29)(H,31,32);12H,7-11H2,1-6H3;8,12H,4-7H2,1-3H3;7H,1-6H2,(H,9,10);6-7H,1-5H2;1H/t15?,21-;;;;;/m0...../s1. The van der Waals surface area contributed by atoms with Crippen molar-refractivity contribution in [3.63, 3.8) is 0 Å². The lowest BCUT2D eigenvalue weighted by molar-refractivity contribution is -0.162. The normalized spacial score (nSPS) is 21.5. The van der Waals surface area contributed by atoms with Crippen LogP contribution in [0.25, 0.3) is 0 Å². The Labute approximate surface area is 577 Å². The number of rotatable bonds is 20. The summed E-state index contributed by atoms with van der Waals surface area (Å²) in [6, 6.07) is 3.12. The van der Waals surface area contributed by atoms with Crippen molar-refractivity contribution >= 4 is 77.2 Å². The van der Waals surface area contributed by atoms with Crippen LogP contribution in [-0.2, 0) is 76.0 Å². The molecule has 0 radical (unpaired) electrons. The minimum Gasteiger partial charge on any atom is -0.480 e. The zero-order valence-electron chi connectivity index (χ0n) is 56.9. The van der Waals surface area contributed by atoms with E-state index in [1.807, 2.05) is 46.9 Å². The summed E-state index contributed by atoms with van der Waals surface area (Å²) in [7, 11) is 0. The molecule has 0 spiro atoms. The van der Waals surface area contributed by atoms with Crippen molar-refractivity contribution in [2.75, 3.05) is 138 Å². The number of nitrogens with one attached hydrogen (secondary N) is 1. The summed E-state index contributed by atoms with van der Waals surface area (Å²) in [6.07, 6.45) is 6.96. The van der Waals surface area contributed by atoms with Gasteiger partial charge in [-0.2, -0.15) is 0 Å². The lowest BCUT2D eigenvalue weighted by Gasteiger charge is -2.35. The molecule has 2 amide bonds. The van der Waals surface area contributed by atoms with Crippen molar-refractivity contribution in [3.8, 4) is 0 Å². The second-order valence-corrected chi connectivity index (χ2v) is 26.8. The number of morpholine rings is 3.